The summed E-state index contributed by atoms with van der Waals surface area (Å²) in [4.78, 5) is 14.8. The Morgan fingerprint density at radius 3 is 2.28 bits per heavy atom. The first-order valence-corrected chi connectivity index (χ1v) is 9.26. The highest BCUT2D eigenvalue weighted by Crippen LogP contribution is 2.24. The van der Waals surface area contributed by atoms with Crippen molar-refractivity contribution in [2.24, 2.45) is 11.8 Å². The minimum absolute atomic E-state index is 0.175. The van der Waals surface area contributed by atoms with Gasteiger partial charge in [-0.15, -0.1) is 0 Å². The summed E-state index contributed by atoms with van der Waals surface area (Å²) in [6.45, 7) is 10.4. The number of benzene rings is 1. The third-order valence-corrected chi connectivity index (χ3v) is 4.81. The number of amides is 1. The molecule has 0 aromatic heterocycles. The van der Waals surface area contributed by atoms with Gasteiger partial charge < -0.3 is 10.2 Å². The molecule has 0 spiro atoms. The molecule has 1 aromatic carbocycles. The lowest BCUT2D eigenvalue weighted by atomic mass is 9.92. The van der Waals surface area contributed by atoms with Crippen molar-refractivity contribution in [2.75, 3.05) is 18.4 Å². The normalized spacial score (nSPS) is 20.9. The zero-order valence-corrected chi connectivity index (χ0v) is 15.8. The molecule has 1 aliphatic heterocycles. The number of anilines is 1. The summed E-state index contributed by atoms with van der Waals surface area (Å²) in [6, 6.07) is 8.15. The van der Waals surface area contributed by atoms with Crippen molar-refractivity contribution in [3.05, 3.63) is 41.1 Å². The van der Waals surface area contributed by atoms with Gasteiger partial charge in [-0.1, -0.05) is 45.9 Å². The molecule has 1 saturated heterocycles. The van der Waals surface area contributed by atoms with E-state index in [-0.39, 0.29) is 11.5 Å². The Morgan fingerprint density at radius 2 is 1.80 bits per heavy atom. The van der Waals surface area contributed by atoms with Gasteiger partial charge in [0.2, 0.25) is 0 Å². The van der Waals surface area contributed by atoms with Gasteiger partial charge in [0.05, 0.1) is 0 Å². The number of hydrogen-bond donors (Lipinski definition) is 1. The third kappa shape index (κ3) is 4.85. The number of piperidine rings is 1. The molecular formula is C21H29N3O. The molecule has 0 saturated carbocycles. The van der Waals surface area contributed by atoms with Gasteiger partial charge in [-0.3, -0.25) is 4.79 Å². The predicted octanol–water partition coefficient (Wildman–Crippen LogP) is 4.14. The maximum Gasteiger partial charge on any atom is 0.267 e. The number of aryl methyl sites for hydroxylation is 2. The van der Waals surface area contributed by atoms with Crippen LogP contribution in [0.4, 0.5) is 5.69 Å². The molecule has 2 rings (SSSR count). The molecule has 4 heteroatoms. The van der Waals surface area contributed by atoms with E-state index in [0.29, 0.717) is 11.8 Å². The van der Waals surface area contributed by atoms with Crippen LogP contribution in [-0.4, -0.2) is 23.9 Å². The topological polar surface area (TPSA) is 56.1 Å². The fourth-order valence-corrected chi connectivity index (χ4v) is 3.72. The molecular weight excluding hydrogens is 310 g/mol. The second kappa shape index (κ2) is 8.71. The minimum atomic E-state index is -0.316. The smallest absolute Gasteiger partial charge is 0.267 e. The predicted molar refractivity (Wildman–Crippen MR) is 102 cm³/mol. The van der Waals surface area contributed by atoms with E-state index < -0.39 is 0 Å². The summed E-state index contributed by atoms with van der Waals surface area (Å²) in [6.07, 6.45) is 4.62. The van der Waals surface area contributed by atoms with Gasteiger partial charge in [0, 0.05) is 25.0 Å². The van der Waals surface area contributed by atoms with Crippen molar-refractivity contribution < 1.29 is 4.79 Å². The Kier molecular flexibility index (Phi) is 6.64. The van der Waals surface area contributed by atoms with E-state index in [2.05, 4.69) is 44.0 Å². The van der Waals surface area contributed by atoms with E-state index in [1.165, 1.54) is 6.42 Å². The van der Waals surface area contributed by atoms with Gasteiger partial charge in [-0.25, -0.2) is 0 Å². The Balaban J connectivity index is 2.21. The van der Waals surface area contributed by atoms with E-state index in [0.717, 1.165) is 42.7 Å². The van der Waals surface area contributed by atoms with Crippen molar-refractivity contribution in [1.29, 1.82) is 5.26 Å². The second-order valence-electron chi connectivity index (χ2n) is 7.17. The fourth-order valence-electron chi connectivity index (χ4n) is 3.72. The largest absolute Gasteiger partial charge is 0.376 e. The molecule has 1 N–H and O–H groups in total. The maximum atomic E-state index is 12.7. The molecule has 4 nitrogen and oxygen atoms in total. The SMILES string of the molecule is CCc1cccc(CC)c1NC(=O)/C(C#N)=C\N1CC(C)CC(C)C1. The van der Waals surface area contributed by atoms with E-state index >= 15 is 0 Å². The van der Waals surface area contributed by atoms with Crippen LogP contribution in [0.15, 0.2) is 30.0 Å². The maximum absolute atomic E-state index is 12.7. The summed E-state index contributed by atoms with van der Waals surface area (Å²) in [5.74, 6) is 0.843. The number of rotatable bonds is 5. The first-order valence-electron chi connectivity index (χ1n) is 9.26. The first kappa shape index (κ1) is 19.1. The molecule has 1 heterocycles. The molecule has 1 aliphatic rings. The van der Waals surface area contributed by atoms with E-state index in [1.807, 2.05) is 18.2 Å². The average molecular weight is 339 g/mol. The highest BCUT2D eigenvalue weighted by atomic mass is 16.1. The lowest BCUT2D eigenvalue weighted by molar-refractivity contribution is -0.112. The number of nitrogens with one attached hydrogen (secondary N) is 1. The first-order chi connectivity index (χ1) is 12.0. The molecule has 1 fully saturated rings. The Bertz CT molecular complexity index is 655. The number of carbonyl (C=O) groups is 1. The van der Waals surface area contributed by atoms with Crippen molar-refractivity contribution in [2.45, 2.75) is 47.0 Å². The van der Waals surface area contributed by atoms with E-state index in [4.69, 9.17) is 0 Å². The number of nitriles is 1. The molecule has 0 aliphatic carbocycles. The van der Waals surface area contributed by atoms with Crippen molar-refractivity contribution in [1.82, 2.24) is 4.90 Å². The van der Waals surface area contributed by atoms with Crippen LogP contribution in [0.1, 0.15) is 45.2 Å². The van der Waals surface area contributed by atoms with Crippen LogP contribution in [0.3, 0.4) is 0 Å². The highest BCUT2D eigenvalue weighted by molar-refractivity contribution is 6.07. The molecule has 0 bridgehead atoms. The van der Waals surface area contributed by atoms with Gasteiger partial charge in [-0.05, 0) is 42.2 Å². The Labute approximate surface area is 151 Å². The van der Waals surface area contributed by atoms with Gasteiger partial charge in [-0.2, -0.15) is 5.26 Å². The van der Waals surface area contributed by atoms with Crippen molar-refractivity contribution in [3.8, 4) is 6.07 Å². The summed E-state index contributed by atoms with van der Waals surface area (Å²) in [5.41, 5.74) is 3.24. The highest BCUT2D eigenvalue weighted by Gasteiger charge is 2.22. The Morgan fingerprint density at radius 1 is 1.24 bits per heavy atom. The number of nitrogens with zero attached hydrogens (tertiary/aromatic N) is 2. The lowest BCUT2D eigenvalue weighted by Crippen LogP contribution is -2.35. The molecule has 1 aromatic rings. The summed E-state index contributed by atoms with van der Waals surface area (Å²) < 4.78 is 0. The van der Waals surface area contributed by atoms with Crippen molar-refractivity contribution >= 4 is 11.6 Å². The number of hydrogen-bond acceptors (Lipinski definition) is 3. The summed E-state index contributed by atoms with van der Waals surface area (Å²) >= 11 is 0. The van der Waals surface area contributed by atoms with Crippen molar-refractivity contribution in [3.63, 3.8) is 0 Å². The molecule has 0 radical (unpaired) electrons. The second-order valence-corrected chi connectivity index (χ2v) is 7.17. The van der Waals surface area contributed by atoms with Crippen LogP contribution in [0.25, 0.3) is 0 Å². The van der Waals surface area contributed by atoms with Crippen LogP contribution in [-0.2, 0) is 17.6 Å². The molecule has 25 heavy (non-hydrogen) atoms. The summed E-state index contributed by atoms with van der Waals surface area (Å²) in [5, 5.41) is 12.5. The number of likely N-dealkylation sites (tertiary alicyclic amines) is 1. The van der Waals surface area contributed by atoms with Crippen LogP contribution in [0, 0.1) is 23.2 Å². The lowest BCUT2D eigenvalue weighted by Gasteiger charge is -2.34. The standard InChI is InChI=1S/C21H29N3O/c1-5-17-8-7-9-18(6-2)20(17)23-21(25)19(11-22)14-24-12-15(3)10-16(4)13-24/h7-9,14-16H,5-6,10,12-13H2,1-4H3,(H,23,25)/b19-14-. The monoisotopic (exact) mass is 339 g/mol. The fraction of sp³-hybridized carbons (Fsp3) is 0.524. The molecule has 2 atom stereocenters. The van der Waals surface area contributed by atoms with Crippen LogP contribution < -0.4 is 5.32 Å². The minimum Gasteiger partial charge on any atom is -0.376 e. The van der Waals surface area contributed by atoms with Crippen LogP contribution in [0.5, 0.6) is 0 Å². The molecule has 1 amide bonds. The zero-order valence-electron chi connectivity index (χ0n) is 15.8. The van der Waals surface area contributed by atoms with E-state index in [1.54, 1.807) is 6.20 Å². The quantitative estimate of drug-likeness (QED) is 0.648. The number of para-hydroxylation sites is 1. The van der Waals surface area contributed by atoms with Gasteiger partial charge in [0.25, 0.3) is 5.91 Å². The third-order valence-electron chi connectivity index (χ3n) is 4.81. The zero-order chi connectivity index (χ0) is 18.4. The van der Waals surface area contributed by atoms with E-state index in [9.17, 15) is 10.1 Å². The average Bonchev–Trinajstić information content (AvgIpc) is 2.58. The number of carbonyl (C=O) groups excluding carboxylic acids is 1. The Hall–Kier alpha value is -2.28. The van der Waals surface area contributed by atoms with Crippen LogP contribution >= 0.6 is 0 Å². The van der Waals surface area contributed by atoms with Gasteiger partial charge in [0.1, 0.15) is 11.6 Å². The molecule has 134 valence electrons. The summed E-state index contributed by atoms with van der Waals surface area (Å²) in [7, 11) is 0. The van der Waals surface area contributed by atoms with Gasteiger partial charge >= 0.3 is 0 Å². The van der Waals surface area contributed by atoms with Crippen LogP contribution in [0.2, 0.25) is 0 Å². The van der Waals surface area contributed by atoms with Gasteiger partial charge in [0.15, 0.2) is 0 Å². The molecule has 2 unspecified atom stereocenters.